The van der Waals surface area contributed by atoms with E-state index in [1.54, 1.807) is 7.11 Å². The Labute approximate surface area is 95.8 Å². The lowest BCUT2D eigenvalue weighted by atomic mass is 9.94. The average molecular weight is 231 g/mol. The van der Waals surface area contributed by atoms with Crippen LogP contribution in [0.2, 0.25) is 0 Å². The Balaban J connectivity index is 4.41. The standard InChI is InChI=1S/C10H21N3O3/c1-6(2)8(9(11)13-15)10(14)12-5-7(3)16-4/h6-8,15H,5H2,1-4H3,(H2,11,13)(H,12,14). The number of hydrogen-bond acceptors (Lipinski definition) is 4. The van der Waals surface area contributed by atoms with E-state index in [1.165, 1.54) is 0 Å². The highest BCUT2D eigenvalue weighted by Gasteiger charge is 2.26. The molecule has 0 saturated carbocycles. The van der Waals surface area contributed by atoms with Crippen LogP contribution in [0.25, 0.3) is 0 Å². The van der Waals surface area contributed by atoms with Gasteiger partial charge in [0.2, 0.25) is 5.91 Å². The van der Waals surface area contributed by atoms with E-state index in [9.17, 15) is 4.79 Å². The summed E-state index contributed by atoms with van der Waals surface area (Å²) in [5.74, 6) is -0.977. The highest BCUT2D eigenvalue weighted by molar-refractivity contribution is 6.02. The molecule has 2 unspecified atom stereocenters. The molecule has 0 radical (unpaired) electrons. The van der Waals surface area contributed by atoms with Gasteiger partial charge in [0.05, 0.1) is 6.10 Å². The van der Waals surface area contributed by atoms with Gasteiger partial charge >= 0.3 is 0 Å². The van der Waals surface area contributed by atoms with Crippen molar-refractivity contribution in [3.05, 3.63) is 0 Å². The van der Waals surface area contributed by atoms with Gasteiger partial charge in [0.1, 0.15) is 5.92 Å². The zero-order valence-corrected chi connectivity index (χ0v) is 10.2. The van der Waals surface area contributed by atoms with Crippen LogP contribution in [0, 0.1) is 11.8 Å². The lowest BCUT2D eigenvalue weighted by Crippen LogP contribution is -2.43. The van der Waals surface area contributed by atoms with Crippen LogP contribution in [0.3, 0.4) is 0 Å². The summed E-state index contributed by atoms with van der Waals surface area (Å²) in [5.41, 5.74) is 5.47. The summed E-state index contributed by atoms with van der Waals surface area (Å²) in [4.78, 5) is 11.8. The molecule has 16 heavy (non-hydrogen) atoms. The Bertz CT molecular complexity index is 254. The largest absolute Gasteiger partial charge is 0.409 e. The lowest BCUT2D eigenvalue weighted by Gasteiger charge is -2.19. The summed E-state index contributed by atoms with van der Waals surface area (Å²) in [6.07, 6.45) is -0.0657. The van der Waals surface area contributed by atoms with Gasteiger partial charge in [-0.25, -0.2) is 0 Å². The van der Waals surface area contributed by atoms with Crippen molar-refractivity contribution in [2.24, 2.45) is 22.7 Å². The van der Waals surface area contributed by atoms with Crippen LogP contribution in [-0.4, -0.2) is 36.7 Å². The quantitative estimate of drug-likeness (QED) is 0.262. The van der Waals surface area contributed by atoms with Gasteiger partial charge in [-0.2, -0.15) is 0 Å². The van der Waals surface area contributed by atoms with Crippen LogP contribution in [0.4, 0.5) is 0 Å². The molecule has 0 aliphatic rings. The minimum absolute atomic E-state index is 0.0336. The number of carbonyl (C=O) groups is 1. The Hall–Kier alpha value is -1.30. The van der Waals surface area contributed by atoms with Crippen LogP contribution in [0.15, 0.2) is 5.16 Å². The smallest absolute Gasteiger partial charge is 0.231 e. The first-order valence-electron chi connectivity index (χ1n) is 5.21. The molecule has 6 nitrogen and oxygen atoms in total. The van der Waals surface area contributed by atoms with Gasteiger partial charge in [-0.1, -0.05) is 19.0 Å². The molecule has 0 aromatic carbocycles. The fraction of sp³-hybridized carbons (Fsp3) is 0.800. The van der Waals surface area contributed by atoms with Crippen molar-refractivity contribution in [2.75, 3.05) is 13.7 Å². The van der Waals surface area contributed by atoms with Crippen molar-refractivity contribution in [3.63, 3.8) is 0 Å². The molecule has 0 bridgehead atoms. The maximum absolute atomic E-state index is 11.8. The maximum Gasteiger partial charge on any atom is 0.231 e. The number of hydrogen-bond donors (Lipinski definition) is 3. The van der Waals surface area contributed by atoms with Gasteiger partial charge in [-0.05, 0) is 12.8 Å². The fourth-order valence-corrected chi connectivity index (χ4v) is 1.28. The van der Waals surface area contributed by atoms with Gasteiger partial charge in [-0.3, -0.25) is 4.79 Å². The molecule has 6 heteroatoms. The number of oxime groups is 1. The third kappa shape index (κ3) is 4.48. The van der Waals surface area contributed by atoms with E-state index >= 15 is 0 Å². The van der Waals surface area contributed by atoms with Crippen molar-refractivity contribution in [3.8, 4) is 0 Å². The van der Waals surface area contributed by atoms with Crippen molar-refractivity contribution in [1.82, 2.24) is 5.32 Å². The zero-order chi connectivity index (χ0) is 12.7. The number of methoxy groups -OCH3 is 1. The molecule has 0 fully saturated rings. The number of ether oxygens (including phenoxy) is 1. The van der Waals surface area contributed by atoms with Crippen molar-refractivity contribution in [2.45, 2.75) is 26.9 Å². The Kier molecular flexibility index (Phi) is 6.48. The highest BCUT2D eigenvalue weighted by Crippen LogP contribution is 2.11. The van der Waals surface area contributed by atoms with Crippen molar-refractivity contribution in [1.29, 1.82) is 0 Å². The summed E-state index contributed by atoms with van der Waals surface area (Å²) in [6, 6.07) is 0. The summed E-state index contributed by atoms with van der Waals surface area (Å²) < 4.78 is 5.00. The molecule has 4 N–H and O–H groups in total. The second-order valence-corrected chi connectivity index (χ2v) is 4.04. The maximum atomic E-state index is 11.8. The summed E-state index contributed by atoms with van der Waals surface area (Å²) >= 11 is 0. The first-order chi connectivity index (χ1) is 7.43. The van der Waals surface area contributed by atoms with E-state index in [-0.39, 0.29) is 23.8 Å². The molecule has 0 aliphatic carbocycles. The van der Waals surface area contributed by atoms with Crippen LogP contribution in [0.1, 0.15) is 20.8 Å². The van der Waals surface area contributed by atoms with E-state index < -0.39 is 5.92 Å². The van der Waals surface area contributed by atoms with Gasteiger partial charge in [0.15, 0.2) is 5.84 Å². The molecule has 2 atom stereocenters. The third-order valence-electron chi connectivity index (χ3n) is 2.35. The van der Waals surface area contributed by atoms with Gasteiger partial charge < -0.3 is 21.0 Å². The predicted octanol–water partition coefficient (Wildman–Crippen LogP) is 0.156. The number of amidine groups is 1. The first kappa shape index (κ1) is 14.7. The van der Waals surface area contributed by atoms with E-state index in [1.807, 2.05) is 20.8 Å². The lowest BCUT2D eigenvalue weighted by molar-refractivity contribution is -0.124. The molecule has 0 rings (SSSR count). The Morgan fingerprint density at radius 3 is 2.44 bits per heavy atom. The van der Waals surface area contributed by atoms with Crippen LogP contribution in [-0.2, 0) is 9.53 Å². The molecule has 0 saturated heterocycles. The number of nitrogens with zero attached hydrogens (tertiary/aromatic N) is 1. The zero-order valence-electron chi connectivity index (χ0n) is 10.2. The van der Waals surface area contributed by atoms with E-state index in [4.69, 9.17) is 15.7 Å². The normalized spacial score (nSPS) is 15.9. The topological polar surface area (TPSA) is 96.9 Å². The molecule has 0 aromatic heterocycles. The average Bonchev–Trinajstić information content (AvgIpc) is 2.25. The number of amides is 1. The molecular weight excluding hydrogens is 210 g/mol. The predicted molar refractivity (Wildman–Crippen MR) is 61.2 cm³/mol. The van der Waals surface area contributed by atoms with Crippen LogP contribution < -0.4 is 11.1 Å². The summed E-state index contributed by atoms with van der Waals surface area (Å²) in [5, 5.41) is 14.2. The van der Waals surface area contributed by atoms with Crippen molar-refractivity contribution < 1.29 is 14.7 Å². The Morgan fingerprint density at radius 1 is 1.50 bits per heavy atom. The molecule has 1 amide bonds. The van der Waals surface area contributed by atoms with Gasteiger partial charge in [-0.15, -0.1) is 0 Å². The molecule has 0 heterocycles. The number of nitrogens with two attached hydrogens (primary N) is 1. The highest BCUT2D eigenvalue weighted by atomic mass is 16.5. The molecule has 0 spiro atoms. The summed E-state index contributed by atoms with van der Waals surface area (Å²) in [6.45, 7) is 5.91. The Morgan fingerprint density at radius 2 is 2.06 bits per heavy atom. The van der Waals surface area contributed by atoms with E-state index in [2.05, 4.69) is 10.5 Å². The van der Waals surface area contributed by atoms with Crippen LogP contribution >= 0.6 is 0 Å². The molecular formula is C10H21N3O3. The number of rotatable bonds is 6. The van der Waals surface area contributed by atoms with Gasteiger partial charge in [0.25, 0.3) is 0 Å². The molecule has 0 aliphatic heterocycles. The minimum atomic E-state index is -0.617. The summed E-state index contributed by atoms with van der Waals surface area (Å²) in [7, 11) is 1.57. The third-order valence-corrected chi connectivity index (χ3v) is 2.35. The first-order valence-corrected chi connectivity index (χ1v) is 5.21. The number of carbonyl (C=O) groups excluding carboxylic acids is 1. The molecule has 0 aromatic rings. The van der Waals surface area contributed by atoms with Crippen molar-refractivity contribution >= 4 is 11.7 Å². The van der Waals surface area contributed by atoms with Gasteiger partial charge in [0, 0.05) is 13.7 Å². The SMILES string of the molecule is COC(C)CNC(=O)C(C(N)=NO)C(C)C. The molecule has 94 valence electrons. The minimum Gasteiger partial charge on any atom is -0.409 e. The fourth-order valence-electron chi connectivity index (χ4n) is 1.28. The van der Waals surface area contributed by atoms with E-state index in [0.29, 0.717) is 6.54 Å². The van der Waals surface area contributed by atoms with Crippen LogP contribution in [0.5, 0.6) is 0 Å². The van der Waals surface area contributed by atoms with E-state index in [0.717, 1.165) is 0 Å². The monoisotopic (exact) mass is 231 g/mol. The number of nitrogens with one attached hydrogen (secondary N) is 1. The second kappa shape index (κ2) is 7.05. The second-order valence-electron chi connectivity index (χ2n) is 4.04.